The first-order valence-electron chi connectivity index (χ1n) is 10.4. The third-order valence-corrected chi connectivity index (χ3v) is 5.88. The average molecular weight is 403 g/mol. The van der Waals surface area contributed by atoms with E-state index in [9.17, 15) is 0 Å². The molecular formula is C23H26N6O. The smallest absolute Gasteiger partial charge is 0.139 e. The summed E-state index contributed by atoms with van der Waals surface area (Å²) in [6.07, 6.45) is 7.74. The Morgan fingerprint density at radius 2 is 1.87 bits per heavy atom. The summed E-state index contributed by atoms with van der Waals surface area (Å²) < 4.78 is 12.1. The molecule has 1 atom stereocenters. The number of imidazole rings is 1. The van der Waals surface area contributed by atoms with Crippen LogP contribution in [0.1, 0.15) is 24.2 Å². The van der Waals surface area contributed by atoms with Gasteiger partial charge in [0.05, 0.1) is 24.3 Å². The molecule has 1 aromatic carbocycles. The molecular weight excluding hydrogens is 376 g/mol. The van der Waals surface area contributed by atoms with Gasteiger partial charge in [0.1, 0.15) is 12.7 Å². The average Bonchev–Trinajstić information content (AvgIpc) is 3.49. The number of nitrogens with zero attached hydrogens (tertiary/aromatic N) is 6. The normalized spacial score (nSPS) is 16.8. The fourth-order valence-electron chi connectivity index (χ4n) is 4.49. The van der Waals surface area contributed by atoms with Crippen LogP contribution in [0, 0.1) is 19.8 Å². The molecule has 1 fully saturated rings. The third kappa shape index (κ3) is 3.35. The van der Waals surface area contributed by atoms with Crippen LogP contribution >= 0.6 is 0 Å². The van der Waals surface area contributed by atoms with Crippen molar-refractivity contribution in [3.8, 4) is 22.5 Å². The van der Waals surface area contributed by atoms with Crippen molar-refractivity contribution in [3.63, 3.8) is 0 Å². The molecule has 1 aliphatic rings. The summed E-state index contributed by atoms with van der Waals surface area (Å²) in [7, 11) is 0. The van der Waals surface area contributed by atoms with Crippen molar-refractivity contribution in [1.82, 2.24) is 29.1 Å². The number of hydrogen-bond acceptors (Lipinski definition) is 4. The molecule has 30 heavy (non-hydrogen) atoms. The molecule has 4 heterocycles. The van der Waals surface area contributed by atoms with Crippen molar-refractivity contribution in [2.75, 3.05) is 13.2 Å². The predicted molar refractivity (Wildman–Crippen MR) is 115 cm³/mol. The second-order valence-electron chi connectivity index (χ2n) is 7.98. The minimum absolute atomic E-state index is 0.511. The van der Waals surface area contributed by atoms with Crippen LogP contribution in [0.5, 0.6) is 0 Å². The van der Waals surface area contributed by atoms with Crippen molar-refractivity contribution in [1.29, 1.82) is 0 Å². The van der Waals surface area contributed by atoms with Crippen molar-refractivity contribution in [2.45, 2.75) is 33.2 Å². The zero-order chi connectivity index (χ0) is 20.5. The van der Waals surface area contributed by atoms with E-state index in [1.54, 1.807) is 12.7 Å². The highest BCUT2D eigenvalue weighted by Crippen LogP contribution is 2.35. The van der Waals surface area contributed by atoms with Gasteiger partial charge >= 0.3 is 0 Å². The SMILES string of the molecule is Cc1cc(-c2c(-c3ccccc3)ncn2C[C@@H]2CCCOC2)c(C)n1-n1cnnc1. The number of ether oxygens (including phenoxy) is 1. The van der Waals surface area contributed by atoms with Crippen LogP contribution in [-0.2, 0) is 11.3 Å². The molecule has 3 aromatic heterocycles. The minimum Gasteiger partial charge on any atom is -0.381 e. The van der Waals surface area contributed by atoms with Gasteiger partial charge in [0.25, 0.3) is 0 Å². The van der Waals surface area contributed by atoms with E-state index in [0.29, 0.717) is 5.92 Å². The number of aryl methyl sites for hydroxylation is 1. The summed E-state index contributed by atoms with van der Waals surface area (Å²) in [4.78, 5) is 4.85. The Morgan fingerprint density at radius 1 is 1.07 bits per heavy atom. The van der Waals surface area contributed by atoms with Crippen LogP contribution in [0.4, 0.5) is 0 Å². The van der Waals surface area contributed by atoms with Crippen molar-refractivity contribution < 1.29 is 4.74 Å². The molecule has 7 nitrogen and oxygen atoms in total. The van der Waals surface area contributed by atoms with Gasteiger partial charge in [-0.15, -0.1) is 10.2 Å². The highest BCUT2D eigenvalue weighted by atomic mass is 16.5. The van der Waals surface area contributed by atoms with Gasteiger partial charge in [-0.05, 0) is 32.8 Å². The van der Waals surface area contributed by atoms with E-state index in [1.807, 2.05) is 17.1 Å². The Bertz CT molecular complexity index is 1120. The van der Waals surface area contributed by atoms with Gasteiger partial charge in [0.2, 0.25) is 0 Å². The summed E-state index contributed by atoms with van der Waals surface area (Å²) in [5.41, 5.74) is 6.71. The van der Waals surface area contributed by atoms with E-state index < -0.39 is 0 Å². The Balaban J connectivity index is 1.64. The summed E-state index contributed by atoms with van der Waals surface area (Å²) >= 11 is 0. The number of rotatable bonds is 5. The quantitative estimate of drug-likeness (QED) is 0.507. The lowest BCUT2D eigenvalue weighted by molar-refractivity contribution is 0.0485. The summed E-state index contributed by atoms with van der Waals surface area (Å²) in [5.74, 6) is 0.511. The van der Waals surface area contributed by atoms with Crippen molar-refractivity contribution in [3.05, 3.63) is 66.8 Å². The Labute approximate surface area is 175 Å². The zero-order valence-corrected chi connectivity index (χ0v) is 17.4. The molecule has 7 heteroatoms. The molecule has 0 radical (unpaired) electrons. The highest BCUT2D eigenvalue weighted by Gasteiger charge is 2.23. The monoisotopic (exact) mass is 402 g/mol. The molecule has 1 saturated heterocycles. The van der Waals surface area contributed by atoms with Crippen LogP contribution in [0.15, 0.2) is 55.4 Å². The van der Waals surface area contributed by atoms with E-state index in [-0.39, 0.29) is 0 Å². The number of benzene rings is 1. The summed E-state index contributed by atoms with van der Waals surface area (Å²) in [6, 6.07) is 12.6. The molecule has 5 rings (SSSR count). The van der Waals surface area contributed by atoms with E-state index in [2.05, 4.69) is 63.6 Å². The van der Waals surface area contributed by atoms with Gasteiger partial charge < -0.3 is 9.30 Å². The van der Waals surface area contributed by atoms with E-state index >= 15 is 0 Å². The molecule has 0 saturated carbocycles. The number of hydrogen-bond donors (Lipinski definition) is 0. The van der Waals surface area contributed by atoms with Crippen LogP contribution in [0.3, 0.4) is 0 Å². The standard InChI is InChI=1S/C23H26N6O/c1-17-11-21(18(2)29(17)28-15-25-26-16-28)23-22(20-8-4-3-5-9-20)24-14-27(23)12-19-7-6-10-30-13-19/h3-5,8-9,11,14-16,19H,6-7,10,12-13H2,1-2H3/t19-/m0/s1. The molecule has 1 aliphatic heterocycles. The predicted octanol–water partition coefficient (Wildman–Crippen LogP) is 3.96. The fraction of sp³-hybridized carbons (Fsp3) is 0.348. The summed E-state index contributed by atoms with van der Waals surface area (Å²) in [6.45, 7) is 6.85. The van der Waals surface area contributed by atoms with Gasteiger partial charge in [0, 0.05) is 41.6 Å². The van der Waals surface area contributed by atoms with Gasteiger partial charge in [-0.2, -0.15) is 0 Å². The first kappa shape index (κ1) is 18.8. The topological polar surface area (TPSA) is 62.7 Å². The first-order chi connectivity index (χ1) is 14.7. The Hall–Kier alpha value is -3.19. The van der Waals surface area contributed by atoms with Crippen molar-refractivity contribution >= 4 is 0 Å². The molecule has 0 spiro atoms. The van der Waals surface area contributed by atoms with Crippen molar-refractivity contribution in [2.24, 2.45) is 5.92 Å². The highest BCUT2D eigenvalue weighted by molar-refractivity contribution is 5.80. The van der Waals surface area contributed by atoms with E-state index in [0.717, 1.165) is 54.5 Å². The Kier molecular flexibility index (Phi) is 4.96. The van der Waals surface area contributed by atoms with Crippen LogP contribution in [0.2, 0.25) is 0 Å². The first-order valence-corrected chi connectivity index (χ1v) is 10.4. The van der Waals surface area contributed by atoms with Gasteiger partial charge in [-0.25, -0.2) is 9.66 Å². The minimum atomic E-state index is 0.511. The third-order valence-electron chi connectivity index (χ3n) is 5.88. The van der Waals surface area contributed by atoms with Crippen LogP contribution in [0.25, 0.3) is 22.5 Å². The second-order valence-corrected chi connectivity index (χ2v) is 7.98. The molecule has 0 unspecified atom stereocenters. The largest absolute Gasteiger partial charge is 0.381 e. The van der Waals surface area contributed by atoms with E-state index in [4.69, 9.17) is 9.72 Å². The molecule has 0 bridgehead atoms. The lowest BCUT2D eigenvalue weighted by Gasteiger charge is -2.23. The lowest BCUT2D eigenvalue weighted by Crippen LogP contribution is -2.22. The maximum atomic E-state index is 5.73. The summed E-state index contributed by atoms with van der Waals surface area (Å²) in [5, 5.41) is 7.95. The fourth-order valence-corrected chi connectivity index (χ4v) is 4.49. The molecule has 154 valence electrons. The van der Waals surface area contributed by atoms with Gasteiger partial charge in [0.15, 0.2) is 0 Å². The Morgan fingerprint density at radius 3 is 2.60 bits per heavy atom. The zero-order valence-electron chi connectivity index (χ0n) is 17.4. The molecule has 4 aromatic rings. The van der Waals surface area contributed by atoms with Gasteiger partial charge in [-0.1, -0.05) is 30.3 Å². The number of aromatic nitrogens is 6. The van der Waals surface area contributed by atoms with Crippen LogP contribution in [-0.4, -0.2) is 42.3 Å². The van der Waals surface area contributed by atoms with E-state index in [1.165, 1.54) is 12.0 Å². The molecule has 0 N–H and O–H groups in total. The maximum absolute atomic E-state index is 5.73. The van der Waals surface area contributed by atoms with Gasteiger partial charge in [-0.3, -0.25) is 4.68 Å². The molecule has 0 aliphatic carbocycles. The maximum Gasteiger partial charge on any atom is 0.139 e. The lowest BCUT2D eigenvalue weighted by atomic mass is 10.0. The second kappa shape index (κ2) is 7.91. The molecule has 0 amide bonds. The van der Waals surface area contributed by atoms with Crippen LogP contribution < -0.4 is 0 Å².